The van der Waals surface area contributed by atoms with Gasteiger partial charge in [0.2, 0.25) is 0 Å². The Labute approximate surface area is 130 Å². The number of nitrogens with zero attached hydrogens (tertiary/aromatic N) is 2. The maximum Gasteiger partial charge on any atom is 0.304 e. The largest absolute Gasteiger partial charge is 0.304 e. The first kappa shape index (κ1) is 16.5. The van der Waals surface area contributed by atoms with Crippen LogP contribution in [0, 0.1) is 5.82 Å². The summed E-state index contributed by atoms with van der Waals surface area (Å²) in [4.78, 5) is 0. The van der Waals surface area contributed by atoms with Crippen molar-refractivity contribution in [3.63, 3.8) is 0 Å². The Morgan fingerprint density at radius 1 is 1.43 bits per heavy atom. The summed E-state index contributed by atoms with van der Waals surface area (Å²) in [6.45, 7) is 2.45. The highest BCUT2D eigenvalue weighted by molar-refractivity contribution is 7.90. The molecule has 1 atom stereocenters. The Morgan fingerprint density at radius 2 is 2.19 bits per heavy atom. The highest BCUT2D eigenvalue weighted by Crippen LogP contribution is 2.27. The van der Waals surface area contributed by atoms with Gasteiger partial charge in [-0.25, -0.2) is 4.39 Å². The fraction of sp³-hybridized carbons (Fsp3) is 0.571. The minimum atomic E-state index is -3.69. The minimum Gasteiger partial charge on any atom is -0.258 e. The van der Waals surface area contributed by atoms with Crippen LogP contribution in [-0.2, 0) is 10.2 Å². The predicted octanol–water partition coefficient (Wildman–Crippen LogP) is 2.99. The average Bonchev–Trinajstić information content (AvgIpc) is 2.47. The normalized spacial score (nSPS) is 20.4. The first-order chi connectivity index (χ1) is 10.0. The Morgan fingerprint density at radius 3 is 2.81 bits per heavy atom. The molecule has 1 unspecified atom stereocenters. The Kier molecular flexibility index (Phi) is 5.46. The molecule has 2 rings (SSSR count). The van der Waals surface area contributed by atoms with E-state index in [9.17, 15) is 12.8 Å². The van der Waals surface area contributed by atoms with Crippen LogP contribution in [-0.4, -0.2) is 37.7 Å². The van der Waals surface area contributed by atoms with Crippen LogP contribution < -0.4 is 4.31 Å². The number of anilines is 1. The van der Waals surface area contributed by atoms with E-state index in [2.05, 4.69) is 0 Å². The standard InChI is InChI=1S/C14H20ClFN2O2S/c1-2-17(13-8-5-6-12(16)10-13)21(19,20)18-9-4-3-7-14(18)11-15/h5-6,8,10,14H,2-4,7,9,11H2,1H3. The van der Waals surface area contributed by atoms with Crippen molar-refractivity contribution >= 4 is 27.5 Å². The first-order valence-electron chi connectivity index (χ1n) is 7.11. The lowest BCUT2D eigenvalue weighted by Crippen LogP contribution is -2.51. The molecule has 0 aromatic heterocycles. The Bertz CT molecular complexity index is 582. The molecule has 1 heterocycles. The van der Waals surface area contributed by atoms with Gasteiger partial charge in [-0.2, -0.15) is 12.7 Å². The van der Waals surface area contributed by atoms with Crippen LogP contribution in [0.1, 0.15) is 26.2 Å². The molecule has 118 valence electrons. The van der Waals surface area contributed by atoms with Crippen LogP contribution in [0.5, 0.6) is 0 Å². The van der Waals surface area contributed by atoms with E-state index >= 15 is 0 Å². The van der Waals surface area contributed by atoms with E-state index in [0.717, 1.165) is 19.3 Å². The van der Waals surface area contributed by atoms with Crippen LogP contribution in [0.4, 0.5) is 10.1 Å². The first-order valence-corrected chi connectivity index (χ1v) is 9.05. The van der Waals surface area contributed by atoms with E-state index in [1.807, 2.05) is 0 Å². The summed E-state index contributed by atoms with van der Waals surface area (Å²) in [5.74, 6) is -0.173. The van der Waals surface area contributed by atoms with Gasteiger partial charge in [0.15, 0.2) is 0 Å². The molecule has 0 saturated carbocycles. The summed E-state index contributed by atoms with van der Waals surface area (Å²) in [6, 6.07) is 5.46. The zero-order valence-electron chi connectivity index (χ0n) is 12.0. The highest BCUT2D eigenvalue weighted by atomic mass is 35.5. The zero-order chi connectivity index (χ0) is 15.5. The maximum atomic E-state index is 13.4. The van der Waals surface area contributed by atoms with E-state index < -0.39 is 16.0 Å². The fourth-order valence-corrected chi connectivity index (χ4v) is 4.95. The third-order valence-electron chi connectivity index (χ3n) is 3.71. The average molecular weight is 335 g/mol. The Balaban J connectivity index is 2.35. The van der Waals surface area contributed by atoms with E-state index in [-0.39, 0.29) is 18.5 Å². The number of rotatable bonds is 5. The second kappa shape index (κ2) is 6.94. The van der Waals surface area contributed by atoms with Crippen LogP contribution in [0.2, 0.25) is 0 Å². The van der Waals surface area contributed by atoms with Crippen LogP contribution in [0.3, 0.4) is 0 Å². The summed E-state index contributed by atoms with van der Waals surface area (Å²) < 4.78 is 41.8. The number of hydrogen-bond donors (Lipinski definition) is 0. The maximum absolute atomic E-state index is 13.4. The predicted molar refractivity (Wildman–Crippen MR) is 83.4 cm³/mol. The van der Waals surface area contributed by atoms with Gasteiger partial charge in [-0.05, 0) is 38.0 Å². The van der Waals surface area contributed by atoms with Crippen molar-refractivity contribution in [1.82, 2.24) is 4.31 Å². The van der Waals surface area contributed by atoms with Crippen molar-refractivity contribution in [3.8, 4) is 0 Å². The van der Waals surface area contributed by atoms with Gasteiger partial charge in [-0.1, -0.05) is 12.5 Å². The number of alkyl halides is 1. The van der Waals surface area contributed by atoms with Crippen LogP contribution in [0.15, 0.2) is 24.3 Å². The van der Waals surface area contributed by atoms with E-state index in [4.69, 9.17) is 11.6 Å². The SMILES string of the molecule is CCN(c1cccc(F)c1)S(=O)(=O)N1CCCCC1CCl. The van der Waals surface area contributed by atoms with Gasteiger partial charge in [0.25, 0.3) is 0 Å². The van der Waals surface area contributed by atoms with Crippen molar-refractivity contribution in [2.75, 3.05) is 23.3 Å². The summed E-state index contributed by atoms with van der Waals surface area (Å²) in [5.41, 5.74) is 0.344. The molecule has 0 bridgehead atoms. The van der Waals surface area contributed by atoms with Gasteiger partial charge < -0.3 is 0 Å². The van der Waals surface area contributed by atoms with Crippen LogP contribution in [0.25, 0.3) is 0 Å². The molecule has 1 fully saturated rings. The summed E-state index contributed by atoms with van der Waals surface area (Å²) >= 11 is 5.92. The summed E-state index contributed by atoms with van der Waals surface area (Å²) in [7, 11) is -3.69. The lowest BCUT2D eigenvalue weighted by molar-refractivity contribution is 0.270. The molecule has 4 nitrogen and oxygen atoms in total. The van der Waals surface area contributed by atoms with Crippen molar-refractivity contribution in [2.45, 2.75) is 32.2 Å². The summed E-state index contributed by atoms with van der Waals surface area (Å²) in [6.07, 6.45) is 2.58. The lowest BCUT2D eigenvalue weighted by atomic mass is 10.1. The zero-order valence-corrected chi connectivity index (χ0v) is 13.6. The van der Waals surface area contributed by atoms with Crippen molar-refractivity contribution in [3.05, 3.63) is 30.1 Å². The van der Waals surface area contributed by atoms with Gasteiger partial charge in [0.1, 0.15) is 5.82 Å². The monoisotopic (exact) mass is 334 g/mol. The van der Waals surface area contributed by atoms with Gasteiger partial charge in [0.05, 0.1) is 5.69 Å². The number of hydrogen-bond acceptors (Lipinski definition) is 2. The molecule has 1 aromatic rings. The molecule has 1 aliphatic heterocycles. The summed E-state index contributed by atoms with van der Waals surface area (Å²) in [5, 5.41) is 0. The van der Waals surface area contributed by atoms with Crippen molar-refractivity contribution in [1.29, 1.82) is 0 Å². The number of benzene rings is 1. The van der Waals surface area contributed by atoms with Crippen molar-refractivity contribution < 1.29 is 12.8 Å². The van der Waals surface area contributed by atoms with Gasteiger partial charge in [-0.3, -0.25) is 4.31 Å². The quantitative estimate of drug-likeness (QED) is 0.777. The third-order valence-corrected chi connectivity index (χ3v) is 6.17. The Hall–Kier alpha value is -0.850. The van der Waals surface area contributed by atoms with Gasteiger partial charge >= 0.3 is 10.2 Å². The van der Waals surface area contributed by atoms with Crippen molar-refractivity contribution in [2.24, 2.45) is 0 Å². The molecular weight excluding hydrogens is 315 g/mol. The molecule has 0 radical (unpaired) electrons. The van der Waals surface area contributed by atoms with Crippen LogP contribution >= 0.6 is 11.6 Å². The number of piperidine rings is 1. The number of halogens is 2. The fourth-order valence-electron chi connectivity index (χ4n) is 2.67. The molecule has 0 amide bonds. The molecule has 21 heavy (non-hydrogen) atoms. The van der Waals surface area contributed by atoms with E-state index in [1.54, 1.807) is 13.0 Å². The molecule has 1 saturated heterocycles. The molecule has 0 spiro atoms. The molecule has 0 aliphatic carbocycles. The van der Waals surface area contributed by atoms with Gasteiger partial charge in [0, 0.05) is 25.0 Å². The van der Waals surface area contributed by atoms with E-state index in [0.29, 0.717) is 12.2 Å². The topological polar surface area (TPSA) is 40.6 Å². The molecule has 1 aliphatic rings. The second-order valence-corrected chi connectivity index (χ2v) is 7.18. The highest BCUT2D eigenvalue weighted by Gasteiger charge is 2.35. The van der Waals surface area contributed by atoms with Gasteiger partial charge in [-0.15, -0.1) is 11.6 Å². The second-order valence-electron chi connectivity index (χ2n) is 5.07. The molecular formula is C14H20ClFN2O2S. The minimum absolute atomic E-state index is 0.187. The molecule has 1 aromatic carbocycles. The molecule has 0 N–H and O–H groups in total. The lowest BCUT2D eigenvalue weighted by Gasteiger charge is -2.37. The smallest absolute Gasteiger partial charge is 0.258 e. The third kappa shape index (κ3) is 3.49. The van der Waals surface area contributed by atoms with E-state index in [1.165, 1.54) is 26.8 Å². The molecule has 7 heteroatoms.